The van der Waals surface area contributed by atoms with Crippen LogP contribution in [-0.2, 0) is 14.8 Å². The summed E-state index contributed by atoms with van der Waals surface area (Å²) in [5, 5.41) is 0. The maximum atomic E-state index is 12.8. The number of benzene rings is 1. The summed E-state index contributed by atoms with van der Waals surface area (Å²) in [4.78, 5) is 15.0. The number of ether oxygens (including phenoxy) is 1. The summed E-state index contributed by atoms with van der Waals surface area (Å²) in [6.45, 7) is 0. The average molecular weight is 393 g/mol. The molecule has 1 aromatic carbocycles. The molecule has 2 saturated carbocycles. The van der Waals surface area contributed by atoms with Crippen LogP contribution in [0.1, 0.15) is 50.5 Å². The molecule has 0 heterocycles. The Morgan fingerprint density at radius 1 is 1.15 bits per heavy atom. The molecule has 27 heavy (non-hydrogen) atoms. The van der Waals surface area contributed by atoms with E-state index in [0.29, 0.717) is 17.6 Å². The molecule has 1 amide bonds. The molecule has 148 valence electrons. The van der Waals surface area contributed by atoms with Gasteiger partial charge in [0.15, 0.2) is 0 Å². The van der Waals surface area contributed by atoms with Gasteiger partial charge < -0.3 is 9.64 Å². The third-order valence-corrected chi connectivity index (χ3v) is 6.76. The first-order chi connectivity index (χ1) is 13.0. The van der Waals surface area contributed by atoms with Gasteiger partial charge in [0.25, 0.3) is 0 Å². The zero-order valence-electron chi connectivity index (χ0n) is 16.0. The maximum absolute atomic E-state index is 12.8. The van der Waals surface area contributed by atoms with E-state index in [0.717, 1.165) is 25.7 Å². The minimum absolute atomic E-state index is 0.0261. The van der Waals surface area contributed by atoms with Crippen molar-refractivity contribution < 1.29 is 17.9 Å². The van der Waals surface area contributed by atoms with Crippen LogP contribution in [0.4, 0.5) is 0 Å². The van der Waals surface area contributed by atoms with Gasteiger partial charge in [-0.05, 0) is 56.5 Å². The van der Waals surface area contributed by atoms with Crippen LogP contribution < -0.4 is 9.46 Å². The van der Waals surface area contributed by atoms with Crippen LogP contribution in [0.3, 0.4) is 0 Å². The summed E-state index contributed by atoms with van der Waals surface area (Å²) in [6, 6.07) is 5.60. The zero-order valence-corrected chi connectivity index (χ0v) is 16.8. The molecule has 1 N–H and O–H groups in total. The number of carbonyl (C=O) groups is 1. The van der Waals surface area contributed by atoms with Gasteiger partial charge in [-0.2, -0.15) is 0 Å². The maximum Gasteiger partial charge on any atom is 0.247 e. The Bertz CT molecular complexity index is 809. The van der Waals surface area contributed by atoms with E-state index in [9.17, 15) is 13.2 Å². The SMILES string of the molecule is CNS(=O)(=O)c1cc(/C=C/C(=O)N(C2CCCCC2)C2CC2)ccc1OC. The number of carbonyl (C=O) groups excluding carboxylic acids is 1. The molecule has 2 aliphatic carbocycles. The number of nitrogens with one attached hydrogen (secondary N) is 1. The van der Waals surface area contributed by atoms with Crippen molar-refractivity contribution in [2.75, 3.05) is 14.2 Å². The molecule has 0 bridgehead atoms. The van der Waals surface area contributed by atoms with E-state index in [1.54, 1.807) is 24.3 Å². The van der Waals surface area contributed by atoms with Gasteiger partial charge in [0.05, 0.1) is 7.11 Å². The van der Waals surface area contributed by atoms with Crippen molar-refractivity contribution in [2.24, 2.45) is 0 Å². The zero-order chi connectivity index (χ0) is 19.4. The van der Waals surface area contributed by atoms with E-state index in [-0.39, 0.29) is 16.6 Å². The van der Waals surface area contributed by atoms with E-state index in [4.69, 9.17) is 4.74 Å². The molecular weight excluding hydrogens is 364 g/mol. The highest BCUT2D eigenvalue weighted by Crippen LogP contribution is 2.34. The first-order valence-corrected chi connectivity index (χ1v) is 11.1. The van der Waals surface area contributed by atoms with Gasteiger partial charge in [-0.25, -0.2) is 13.1 Å². The van der Waals surface area contributed by atoms with Gasteiger partial charge in [0.2, 0.25) is 15.9 Å². The molecule has 0 unspecified atom stereocenters. The Morgan fingerprint density at radius 2 is 1.81 bits per heavy atom. The van der Waals surface area contributed by atoms with Gasteiger partial charge in [-0.1, -0.05) is 25.3 Å². The van der Waals surface area contributed by atoms with Gasteiger partial charge in [0, 0.05) is 18.2 Å². The lowest BCUT2D eigenvalue weighted by molar-refractivity contribution is -0.129. The highest BCUT2D eigenvalue weighted by Gasteiger charge is 2.36. The number of nitrogens with zero attached hydrogens (tertiary/aromatic N) is 1. The Hall–Kier alpha value is -1.86. The number of hydrogen-bond acceptors (Lipinski definition) is 4. The van der Waals surface area contributed by atoms with Crippen LogP contribution in [0, 0.1) is 0 Å². The van der Waals surface area contributed by atoms with Crippen molar-refractivity contribution in [3.63, 3.8) is 0 Å². The third kappa shape index (κ3) is 4.71. The van der Waals surface area contributed by atoms with Crippen LogP contribution in [0.15, 0.2) is 29.2 Å². The second-order valence-corrected chi connectivity index (χ2v) is 9.07. The third-order valence-electron chi connectivity index (χ3n) is 5.33. The summed E-state index contributed by atoms with van der Waals surface area (Å²) in [6.07, 6.45) is 11.2. The monoisotopic (exact) mass is 392 g/mol. The smallest absolute Gasteiger partial charge is 0.247 e. The average Bonchev–Trinajstić information content (AvgIpc) is 3.52. The largest absolute Gasteiger partial charge is 0.495 e. The van der Waals surface area contributed by atoms with Crippen molar-refractivity contribution >= 4 is 22.0 Å². The number of sulfonamides is 1. The van der Waals surface area contributed by atoms with Crippen molar-refractivity contribution in [2.45, 2.75) is 61.9 Å². The Morgan fingerprint density at radius 3 is 2.41 bits per heavy atom. The standard InChI is InChI=1S/C20H28N2O4S/c1-21-27(24,25)19-14-15(8-12-18(19)26-2)9-13-20(23)22(17-10-11-17)16-6-4-3-5-7-16/h8-9,12-14,16-17,21H,3-7,10-11H2,1-2H3/b13-9+. The van der Waals surface area contributed by atoms with E-state index in [2.05, 4.69) is 9.62 Å². The van der Waals surface area contributed by atoms with Gasteiger partial charge in [-0.3, -0.25) is 4.79 Å². The lowest BCUT2D eigenvalue weighted by Crippen LogP contribution is -2.42. The molecule has 0 aromatic heterocycles. The molecule has 0 spiro atoms. The van der Waals surface area contributed by atoms with Crippen molar-refractivity contribution in [3.05, 3.63) is 29.8 Å². The fourth-order valence-electron chi connectivity index (χ4n) is 3.74. The predicted octanol–water partition coefficient (Wildman–Crippen LogP) is 2.94. The fraction of sp³-hybridized carbons (Fsp3) is 0.550. The molecule has 3 rings (SSSR count). The van der Waals surface area contributed by atoms with E-state index < -0.39 is 10.0 Å². The molecule has 6 nitrogen and oxygen atoms in total. The Kier molecular flexibility index (Phi) is 6.22. The van der Waals surface area contributed by atoms with Crippen LogP contribution in [0.5, 0.6) is 5.75 Å². The van der Waals surface area contributed by atoms with E-state index in [1.807, 2.05) is 0 Å². The molecular formula is C20H28N2O4S. The summed E-state index contributed by atoms with van der Waals surface area (Å²) in [7, 11) is -0.852. The number of amides is 1. The number of rotatable bonds is 7. The van der Waals surface area contributed by atoms with Gasteiger partial charge >= 0.3 is 0 Å². The second kappa shape index (κ2) is 8.44. The lowest BCUT2D eigenvalue weighted by atomic mass is 9.94. The quantitative estimate of drug-likeness (QED) is 0.724. The Labute approximate surface area is 161 Å². The Balaban J connectivity index is 1.80. The van der Waals surface area contributed by atoms with Crippen molar-refractivity contribution in [1.82, 2.24) is 9.62 Å². The summed E-state index contributed by atoms with van der Waals surface area (Å²) in [5.74, 6) is 0.299. The summed E-state index contributed by atoms with van der Waals surface area (Å²) >= 11 is 0. The topological polar surface area (TPSA) is 75.7 Å². The van der Waals surface area contributed by atoms with Gasteiger partial charge in [0.1, 0.15) is 10.6 Å². The van der Waals surface area contributed by atoms with Crippen LogP contribution in [0.25, 0.3) is 6.08 Å². The molecule has 2 aliphatic rings. The lowest BCUT2D eigenvalue weighted by Gasteiger charge is -2.34. The van der Waals surface area contributed by atoms with Crippen LogP contribution >= 0.6 is 0 Å². The summed E-state index contributed by atoms with van der Waals surface area (Å²) in [5.41, 5.74) is 0.650. The van der Waals surface area contributed by atoms with Crippen LogP contribution in [0.2, 0.25) is 0 Å². The number of methoxy groups -OCH3 is 1. The molecule has 1 aromatic rings. The van der Waals surface area contributed by atoms with Gasteiger partial charge in [-0.15, -0.1) is 0 Å². The van der Waals surface area contributed by atoms with E-state index in [1.165, 1.54) is 39.5 Å². The molecule has 0 radical (unpaired) electrons. The minimum atomic E-state index is -3.64. The van der Waals surface area contributed by atoms with E-state index >= 15 is 0 Å². The minimum Gasteiger partial charge on any atom is -0.495 e. The normalized spacial score (nSPS) is 18.6. The highest BCUT2D eigenvalue weighted by atomic mass is 32.2. The molecule has 0 saturated heterocycles. The first-order valence-electron chi connectivity index (χ1n) is 9.58. The molecule has 2 fully saturated rings. The highest BCUT2D eigenvalue weighted by molar-refractivity contribution is 7.89. The van der Waals surface area contributed by atoms with Crippen molar-refractivity contribution in [1.29, 1.82) is 0 Å². The molecule has 7 heteroatoms. The summed E-state index contributed by atoms with van der Waals surface area (Å²) < 4.78 is 31.8. The van der Waals surface area contributed by atoms with Crippen molar-refractivity contribution in [3.8, 4) is 5.75 Å². The first kappa shape index (κ1) is 19.9. The fourth-order valence-corrected chi connectivity index (χ4v) is 4.67. The molecule has 0 atom stereocenters. The second-order valence-electron chi connectivity index (χ2n) is 7.22. The predicted molar refractivity (Wildman–Crippen MR) is 105 cm³/mol. The molecule has 0 aliphatic heterocycles. The number of hydrogen-bond donors (Lipinski definition) is 1. The van der Waals surface area contributed by atoms with Crippen LogP contribution in [-0.4, -0.2) is 45.5 Å².